The van der Waals surface area contributed by atoms with Gasteiger partial charge in [0.25, 0.3) is 0 Å². The summed E-state index contributed by atoms with van der Waals surface area (Å²) in [5, 5.41) is 0. The Bertz CT molecular complexity index is 586. The van der Waals surface area contributed by atoms with Gasteiger partial charge in [-0.05, 0) is 32.1 Å². The van der Waals surface area contributed by atoms with E-state index in [9.17, 15) is 8.42 Å². The number of nitrogens with one attached hydrogen (secondary N) is 1. The monoisotopic (exact) mass is 343 g/mol. The Kier molecular flexibility index (Phi) is 6.59. The zero-order valence-corrected chi connectivity index (χ0v) is 14.5. The molecular formula is C15H25N3O4S. The molecule has 0 amide bonds. The summed E-state index contributed by atoms with van der Waals surface area (Å²) in [4.78, 5) is 8.19. The molecule has 0 unspecified atom stereocenters. The van der Waals surface area contributed by atoms with Crippen LogP contribution >= 0.6 is 0 Å². The topological polar surface area (TPSA) is 90.4 Å². The van der Waals surface area contributed by atoms with E-state index in [-0.39, 0.29) is 17.9 Å². The van der Waals surface area contributed by atoms with Crippen LogP contribution in [0.15, 0.2) is 12.4 Å². The van der Waals surface area contributed by atoms with Gasteiger partial charge in [0.15, 0.2) is 0 Å². The van der Waals surface area contributed by atoms with Gasteiger partial charge in [-0.1, -0.05) is 13.3 Å². The zero-order valence-electron chi connectivity index (χ0n) is 13.7. The minimum absolute atomic E-state index is 0.00750. The highest BCUT2D eigenvalue weighted by Crippen LogP contribution is 2.24. The highest BCUT2D eigenvalue weighted by molar-refractivity contribution is 7.89. The first kappa shape index (κ1) is 17.9. The van der Waals surface area contributed by atoms with E-state index in [2.05, 4.69) is 14.7 Å². The fraction of sp³-hybridized carbons (Fsp3) is 0.733. The van der Waals surface area contributed by atoms with E-state index >= 15 is 0 Å². The first-order valence-corrected chi connectivity index (χ1v) is 9.70. The van der Waals surface area contributed by atoms with Crippen LogP contribution in [0, 0.1) is 0 Å². The Morgan fingerprint density at radius 3 is 2.57 bits per heavy atom. The predicted octanol–water partition coefficient (Wildman–Crippen LogP) is 1.89. The second-order valence-corrected chi connectivity index (χ2v) is 7.65. The summed E-state index contributed by atoms with van der Waals surface area (Å²) in [7, 11) is -1.63. The van der Waals surface area contributed by atoms with Gasteiger partial charge in [0, 0.05) is 6.04 Å². The molecule has 1 aliphatic rings. The van der Waals surface area contributed by atoms with E-state index < -0.39 is 10.0 Å². The van der Waals surface area contributed by atoms with Gasteiger partial charge >= 0.3 is 0 Å². The maximum Gasteiger partial charge on any atom is 0.235 e. The Labute approximate surface area is 137 Å². The summed E-state index contributed by atoms with van der Waals surface area (Å²) < 4.78 is 37.5. The number of rotatable bonds is 8. The van der Waals surface area contributed by atoms with Crippen LogP contribution in [0.3, 0.4) is 0 Å². The summed E-state index contributed by atoms with van der Waals surface area (Å²) in [6.07, 6.45) is 7.82. The lowest BCUT2D eigenvalue weighted by Crippen LogP contribution is -2.40. The molecule has 1 aliphatic carbocycles. The van der Waals surface area contributed by atoms with Gasteiger partial charge in [0.2, 0.25) is 21.8 Å². The van der Waals surface area contributed by atoms with Crippen LogP contribution in [0.25, 0.3) is 0 Å². The number of aromatic nitrogens is 2. The number of ether oxygens (including phenoxy) is 2. The molecule has 130 valence electrons. The van der Waals surface area contributed by atoms with Gasteiger partial charge in [0.1, 0.15) is 6.10 Å². The van der Waals surface area contributed by atoms with Gasteiger partial charge in [-0.2, -0.15) is 4.98 Å². The molecular weight excluding hydrogens is 318 g/mol. The predicted molar refractivity (Wildman–Crippen MR) is 87.1 cm³/mol. The van der Waals surface area contributed by atoms with Gasteiger partial charge in [-0.25, -0.2) is 13.1 Å². The summed E-state index contributed by atoms with van der Waals surface area (Å²) >= 11 is 0. The van der Waals surface area contributed by atoms with Crippen LogP contribution in [0.5, 0.6) is 11.8 Å². The lowest BCUT2D eigenvalue weighted by atomic mass is 9.94. The molecule has 23 heavy (non-hydrogen) atoms. The van der Waals surface area contributed by atoms with Gasteiger partial charge in [0.05, 0.1) is 25.3 Å². The molecule has 1 aromatic rings. The molecule has 0 atom stereocenters. The normalized spacial score (nSPS) is 21.8. The molecule has 1 fully saturated rings. The largest absolute Gasteiger partial charge is 0.480 e. The Morgan fingerprint density at radius 2 is 1.91 bits per heavy atom. The number of sulfonamides is 1. The minimum Gasteiger partial charge on any atom is -0.480 e. The molecule has 1 aromatic heterocycles. The maximum atomic E-state index is 11.9. The second-order valence-electron chi connectivity index (χ2n) is 5.78. The van der Waals surface area contributed by atoms with Crippen molar-refractivity contribution in [3.8, 4) is 11.8 Å². The van der Waals surface area contributed by atoms with E-state index in [0.29, 0.717) is 18.2 Å². The summed E-state index contributed by atoms with van der Waals surface area (Å²) in [6, 6.07) is 0.00750. The van der Waals surface area contributed by atoms with Crippen molar-refractivity contribution in [2.45, 2.75) is 57.6 Å². The van der Waals surface area contributed by atoms with Crippen LogP contribution in [-0.2, 0) is 10.0 Å². The quantitative estimate of drug-likeness (QED) is 0.775. The fourth-order valence-electron chi connectivity index (χ4n) is 2.60. The number of hydrogen-bond donors (Lipinski definition) is 1. The van der Waals surface area contributed by atoms with Crippen molar-refractivity contribution in [3.05, 3.63) is 12.4 Å². The molecule has 0 spiro atoms. The van der Waals surface area contributed by atoms with Gasteiger partial charge < -0.3 is 9.47 Å². The van der Waals surface area contributed by atoms with E-state index in [4.69, 9.17) is 9.47 Å². The molecule has 1 saturated carbocycles. The molecule has 2 rings (SSSR count). The lowest BCUT2D eigenvalue weighted by Gasteiger charge is -2.29. The second kappa shape index (κ2) is 8.44. The molecule has 1 heterocycles. The number of methoxy groups -OCH3 is 1. The molecule has 0 bridgehead atoms. The van der Waals surface area contributed by atoms with Crippen molar-refractivity contribution >= 4 is 10.0 Å². The lowest BCUT2D eigenvalue weighted by molar-refractivity contribution is 0.136. The van der Waals surface area contributed by atoms with Crippen LogP contribution < -0.4 is 14.2 Å². The number of unbranched alkanes of at least 4 members (excludes halogenated alkanes) is 1. The SMILES string of the molecule is CCCCS(=O)(=O)NC1CCC(Oc2cncc(OC)n2)CC1. The van der Waals surface area contributed by atoms with Crippen molar-refractivity contribution < 1.29 is 17.9 Å². The molecule has 0 aliphatic heterocycles. The van der Waals surface area contributed by atoms with Crippen molar-refractivity contribution in [2.24, 2.45) is 0 Å². The van der Waals surface area contributed by atoms with Gasteiger partial charge in [-0.3, -0.25) is 4.98 Å². The molecule has 8 heteroatoms. The van der Waals surface area contributed by atoms with Crippen LogP contribution in [0.4, 0.5) is 0 Å². The zero-order chi connectivity index (χ0) is 16.7. The smallest absolute Gasteiger partial charge is 0.235 e. The Balaban J connectivity index is 1.79. The van der Waals surface area contributed by atoms with E-state index in [1.807, 2.05) is 6.92 Å². The molecule has 0 saturated heterocycles. The van der Waals surface area contributed by atoms with E-state index in [1.165, 1.54) is 13.3 Å². The summed E-state index contributed by atoms with van der Waals surface area (Å²) in [5.74, 6) is 1.07. The number of hydrogen-bond acceptors (Lipinski definition) is 6. The number of nitrogens with zero attached hydrogens (tertiary/aromatic N) is 2. The average molecular weight is 343 g/mol. The van der Waals surface area contributed by atoms with Crippen molar-refractivity contribution in [3.63, 3.8) is 0 Å². The third-order valence-electron chi connectivity index (χ3n) is 3.87. The average Bonchev–Trinajstić information content (AvgIpc) is 2.55. The third-order valence-corrected chi connectivity index (χ3v) is 5.39. The third kappa shape index (κ3) is 5.95. The van der Waals surface area contributed by atoms with Crippen LogP contribution in [-0.4, -0.2) is 43.4 Å². The fourth-order valence-corrected chi connectivity index (χ4v) is 4.13. The van der Waals surface area contributed by atoms with Crippen molar-refractivity contribution in [1.29, 1.82) is 0 Å². The van der Waals surface area contributed by atoms with Crippen LogP contribution in [0.2, 0.25) is 0 Å². The maximum absolute atomic E-state index is 11.9. The summed E-state index contributed by atoms with van der Waals surface area (Å²) in [6.45, 7) is 1.99. The van der Waals surface area contributed by atoms with Gasteiger partial charge in [-0.15, -0.1) is 0 Å². The first-order chi connectivity index (χ1) is 11.0. The first-order valence-electron chi connectivity index (χ1n) is 8.05. The van der Waals surface area contributed by atoms with Crippen molar-refractivity contribution in [1.82, 2.24) is 14.7 Å². The van der Waals surface area contributed by atoms with Crippen molar-refractivity contribution in [2.75, 3.05) is 12.9 Å². The molecule has 0 radical (unpaired) electrons. The minimum atomic E-state index is -3.16. The highest BCUT2D eigenvalue weighted by Gasteiger charge is 2.25. The highest BCUT2D eigenvalue weighted by atomic mass is 32.2. The van der Waals surface area contributed by atoms with E-state index in [1.54, 1.807) is 6.20 Å². The van der Waals surface area contributed by atoms with E-state index in [0.717, 1.165) is 32.1 Å². The Morgan fingerprint density at radius 1 is 1.22 bits per heavy atom. The Hall–Kier alpha value is -1.41. The van der Waals surface area contributed by atoms with Crippen LogP contribution in [0.1, 0.15) is 45.4 Å². The standard InChI is InChI=1S/C15H25N3O4S/c1-3-4-9-23(19,20)18-12-5-7-13(8-6-12)22-15-11-16-10-14(17-15)21-2/h10-13,18H,3-9H2,1-2H3. The molecule has 1 N–H and O–H groups in total. The summed E-state index contributed by atoms with van der Waals surface area (Å²) in [5.41, 5.74) is 0. The molecule has 7 nitrogen and oxygen atoms in total. The molecule has 0 aromatic carbocycles.